The maximum atomic E-state index is 14.0. The number of thiazole rings is 1. The van der Waals surface area contributed by atoms with Gasteiger partial charge in [-0.2, -0.15) is 0 Å². The highest BCUT2D eigenvalue weighted by Gasteiger charge is 2.14. The number of nitrogens with one attached hydrogen (secondary N) is 1. The molecular formula is C16H21FN2S. The Morgan fingerprint density at radius 2 is 2.10 bits per heavy atom. The van der Waals surface area contributed by atoms with Crippen molar-refractivity contribution in [2.24, 2.45) is 0 Å². The van der Waals surface area contributed by atoms with E-state index in [0.29, 0.717) is 11.6 Å². The molecule has 2 nitrogen and oxygen atoms in total. The van der Waals surface area contributed by atoms with Gasteiger partial charge in [-0.25, -0.2) is 9.37 Å². The van der Waals surface area contributed by atoms with Crippen molar-refractivity contribution in [1.29, 1.82) is 0 Å². The van der Waals surface area contributed by atoms with Crippen molar-refractivity contribution in [3.05, 3.63) is 40.2 Å². The van der Waals surface area contributed by atoms with Gasteiger partial charge in [0.05, 0.1) is 5.69 Å². The van der Waals surface area contributed by atoms with E-state index in [-0.39, 0.29) is 5.82 Å². The molecular weight excluding hydrogens is 271 g/mol. The second-order valence-electron chi connectivity index (χ2n) is 5.26. The average molecular weight is 292 g/mol. The smallest absolute Gasteiger partial charge is 0.133 e. The molecule has 0 fully saturated rings. The fourth-order valence-electron chi connectivity index (χ4n) is 2.00. The summed E-state index contributed by atoms with van der Waals surface area (Å²) in [6, 6.07) is 5.75. The third-order valence-electron chi connectivity index (χ3n) is 3.14. The Labute approximate surface area is 124 Å². The molecule has 2 aromatic rings. The fourth-order valence-corrected chi connectivity index (χ4v) is 3.13. The number of halogens is 1. The molecule has 0 saturated carbocycles. The minimum atomic E-state index is -0.190. The molecule has 0 aliphatic carbocycles. The zero-order valence-corrected chi connectivity index (χ0v) is 13.3. The summed E-state index contributed by atoms with van der Waals surface area (Å²) in [6.45, 7) is 9.01. The molecule has 1 heterocycles. The molecule has 1 aromatic heterocycles. The summed E-state index contributed by atoms with van der Waals surface area (Å²) in [6.07, 6.45) is 0.874. The third-order valence-corrected chi connectivity index (χ3v) is 4.27. The number of benzene rings is 1. The van der Waals surface area contributed by atoms with Gasteiger partial charge in [0, 0.05) is 23.0 Å². The van der Waals surface area contributed by atoms with Gasteiger partial charge < -0.3 is 5.32 Å². The molecule has 0 amide bonds. The third kappa shape index (κ3) is 3.44. The Hall–Kier alpha value is -1.26. The summed E-state index contributed by atoms with van der Waals surface area (Å²) >= 11 is 1.59. The van der Waals surface area contributed by atoms with Crippen LogP contribution in [0.1, 0.15) is 36.9 Å². The van der Waals surface area contributed by atoms with E-state index in [1.165, 1.54) is 4.88 Å². The largest absolute Gasteiger partial charge is 0.310 e. The zero-order valence-electron chi connectivity index (χ0n) is 12.5. The summed E-state index contributed by atoms with van der Waals surface area (Å²) in [5, 5.41) is 4.18. The van der Waals surface area contributed by atoms with Crippen LogP contribution in [0.25, 0.3) is 10.6 Å². The van der Waals surface area contributed by atoms with E-state index in [1.807, 2.05) is 19.1 Å². The summed E-state index contributed by atoms with van der Waals surface area (Å²) in [4.78, 5) is 5.81. The first-order valence-corrected chi connectivity index (χ1v) is 7.81. The van der Waals surface area contributed by atoms with Crippen molar-refractivity contribution in [1.82, 2.24) is 10.3 Å². The Morgan fingerprint density at radius 3 is 2.70 bits per heavy atom. The van der Waals surface area contributed by atoms with E-state index in [4.69, 9.17) is 0 Å². The number of hydrogen-bond donors (Lipinski definition) is 1. The highest BCUT2D eigenvalue weighted by atomic mass is 32.1. The molecule has 0 spiro atoms. The van der Waals surface area contributed by atoms with Gasteiger partial charge in [0.1, 0.15) is 10.8 Å². The fraction of sp³-hybridized carbons (Fsp3) is 0.438. The van der Waals surface area contributed by atoms with Gasteiger partial charge in [0.15, 0.2) is 0 Å². The van der Waals surface area contributed by atoms with Gasteiger partial charge in [-0.3, -0.25) is 0 Å². The van der Waals surface area contributed by atoms with Gasteiger partial charge in [0.2, 0.25) is 0 Å². The highest BCUT2D eigenvalue weighted by molar-refractivity contribution is 7.15. The summed E-state index contributed by atoms with van der Waals surface area (Å²) in [5.41, 5.74) is 2.60. The van der Waals surface area contributed by atoms with Crippen LogP contribution in [0.5, 0.6) is 0 Å². The molecule has 4 heteroatoms. The molecule has 0 saturated heterocycles. The first-order valence-electron chi connectivity index (χ1n) is 6.99. The lowest BCUT2D eigenvalue weighted by Gasteiger charge is -2.06. The van der Waals surface area contributed by atoms with Crippen LogP contribution in [0.15, 0.2) is 18.2 Å². The van der Waals surface area contributed by atoms with E-state index in [0.717, 1.165) is 29.2 Å². The highest BCUT2D eigenvalue weighted by Crippen LogP contribution is 2.30. The van der Waals surface area contributed by atoms with Gasteiger partial charge >= 0.3 is 0 Å². The number of aromatic nitrogens is 1. The number of rotatable bonds is 5. The molecule has 0 bridgehead atoms. The Kier molecular flexibility index (Phi) is 4.89. The monoisotopic (exact) mass is 292 g/mol. The molecule has 0 unspecified atom stereocenters. The van der Waals surface area contributed by atoms with Crippen molar-refractivity contribution < 1.29 is 4.39 Å². The van der Waals surface area contributed by atoms with E-state index in [9.17, 15) is 4.39 Å². The van der Waals surface area contributed by atoms with Crippen LogP contribution < -0.4 is 5.32 Å². The first kappa shape index (κ1) is 15.1. The van der Waals surface area contributed by atoms with Crippen LogP contribution in [0, 0.1) is 12.7 Å². The maximum Gasteiger partial charge on any atom is 0.133 e. The SMILES string of the molecule is CCc1nc(-c2ccc(C)cc2F)sc1CNC(C)C. The lowest BCUT2D eigenvalue weighted by atomic mass is 10.1. The molecule has 0 aliphatic rings. The molecule has 0 atom stereocenters. The molecule has 1 aromatic carbocycles. The van der Waals surface area contributed by atoms with E-state index >= 15 is 0 Å². The Morgan fingerprint density at radius 1 is 1.35 bits per heavy atom. The van der Waals surface area contributed by atoms with Gasteiger partial charge in [-0.15, -0.1) is 11.3 Å². The van der Waals surface area contributed by atoms with Crippen LogP contribution in [-0.4, -0.2) is 11.0 Å². The molecule has 1 N–H and O–H groups in total. The van der Waals surface area contributed by atoms with E-state index in [2.05, 4.69) is 31.1 Å². The Balaban J connectivity index is 2.33. The minimum absolute atomic E-state index is 0.190. The number of hydrogen-bond acceptors (Lipinski definition) is 3. The van der Waals surface area contributed by atoms with Crippen LogP contribution in [-0.2, 0) is 13.0 Å². The van der Waals surface area contributed by atoms with Crippen molar-refractivity contribution in [2.45, 2.75) is 46.7 Å². The normalized spacial score (nSPS) is 11.3. The van der Waals surface area contributed by atoms with Gasteiger partial charge in [0.25, 0.3) is 0 Å². The number of aryl methyl sites for hydroxylation is 2. The van der Waals surface area contributed by atoms with Crippen LogP contribution >= 0.6 is 11.3 Å². The minimum Gasteiger partial charge on any atom is -0.310 e. The first-order chi connectivity index (χ1) is 9.51. The van der Waals surface area contributed by atoms with Crippen LogP contribution in [0.3, 0.4) is 0 Å². The molecule has 108 valence electrons. The second kappa shape index (κ2) is 6.46. The zero-order chi connectivity index (χ0) is 14.7. The molecule has 0 aliphatic heterocycles. The van der Waals surface area contributed by atoms with Crippen molar-refractivity contribution in [3.63, 3.8) is 0 Å². The summed E-state index contributed by atoms with van der Waals surface area (Å²) < 4.78 is 14.0. The van der Waals surface area contributed by atoms with Crippen LogP contribution in [0.4, 0.5) is 4.39 Å². The maximum absolute atomic E-state index is 14.0. The second-order valence-corrected chi connectivity index (χ2v) is 6.34. The van der Waals surface area contributed by atoms with E-state index < -0.39 is 0 Å². The topological polar surface area (TPSA) is 24.9 Å². The quantitative estimate of drug-likeness (QED) is 0.888. The summed E-state index contributed by atoms with van der Waals surface area (Å²) in [7, 11) is 0. The van der Waals surface area contributed by atoms with Crippen LogP contribution in [0.2, 0.25) is 0 Å². The molecule has 0 radical (unpaired) electrons. The van der Waals surface area contributed by atoms with Crippen molar-refractivity contribution in [3.8, 4) is 10.6 Å². The standard InChI is InChI=1S/C16H21FN2S/c1-5-14-15(9-18-10(2)3)20-16(19-14)12-7-6-11(4)8-13(12)17/h6-8,10,18H,5,9H2,1-4H3. The van der Waals surface area contributed by atoms with Gasteiger partial charge in [-0.05, 0) is 31.0 Å². The predicted octanol–water partition coefficient (Wildman–Crippen LogP) is 4.32. The number of nitrogens with zero attached hydrogens (tertiary/aromatic N) is 1. The molecule has 20 heavy (non-hydrogen) atoms. The lowest BCUT2D eigenvalue weighted by molar-refractivity contribution is 0.590. The Bertz CT molecular complexity index is 590. The van der Waals surface area contributed by atoms with Crippen molar-refractivity contribution in [2.75, 3.05) is 0 Å². The lowest BCUT2D eigenvalue weighted by Crippen LogP contribution is -2.21. The van der Waals surface area contributed by atoms with Gasteiger partial charge in [-0.1, -0.05) is 26.8 Å². The predicted molar refractivity (Wildman–Crippen MR) is 83.6 cm³/mol. The van der Waals surface area contributed by atoms with E-state index in [1.54, 1.807) is 17.4 Å². The van der Waals surface area contributed by atoms with Crippen molar-refractivity contribution >= 4 is 11.3 Å². The average Bonchev–Trinajstić information content (AvgIpc) is 2.79. The molecule has 2 rings (SSSR count). The summed E-state index contributed by atoms with van der Waals surface area (Å²) in [5.74, 6) is -0.190.